The van der Waals surface area contributed by atoms with E-state index < -0.39 is 0 Å². The molecule has 0 heterocycles. The first kappa shape index (κ1) is 11.7. The lowest BCUT2D eigenvalue weighted by Crippen LogP contribution is -2.39. The van der Waals surface area contributed by atoms with E-state index in [0.717, 1.165) is 25.8 Å². The van der Waals surface area contributed by atoms with Crippen molar-refractivity contribution in [1.82, 2.24) is 5.32 Å². The van der Waals surface area contributed by atoms with Gasteiger partial charge in [-0.25, -0.2) is 0 Å². The minimum atomic E-state index is -0.136. The summed E-state index contributed by atoms with van der Waals surface area (Å²) >= 11 is 0. The number of hydrogen-bond donors (Lipinski definition) is 2. The van der Waals surface area contributed by atoms with Gasteiger partial charge in [-0.2, -0.15) is 0 Å². The molecule has 14 heavy (non-hydrogen) atoms. The number of hydrogen-bond acceptors (Lipinski definition) is 2. The molecule has 0 aromatic carbocycles. The predicted molar refractivity (Wildman–Crippen MR) is 60.3 cm³/mol. The number of nitrogens with one attached hydrogen (secondary N) is 1. The topological polar surface area (TPSA) is 32.3 Å². The van der Waals surface area contributed by atoms with Crippen LogP contribution < -0.4 is 5.32 Å². The van der Waals surface area contributed by atoms with E-state index in [-0.39, 0.29) is 6.10 Å². The third kappa shape index (κ3) is 4.25. The van der Waals surface area contributed by atoms with Crippen molar-refractivity contribution in [3.8, 4) is 0 Å². The van der Waals surface area contributed by atoms with Gasteiger partial charge in [0.15, 0.2) is 0 Å². The standard InChI is InChI=1S/C12H23NO/c1-10(2)8-9-13-11-6-4-3-5-7-12(11)14/h11-14H,1,3-9H2,2H3. The van der Waals surface area contributed by atoms with E-state index >= 15 is 0 Å². The van der Waals surface area contributed by atoms with Crippen molar-refractivity contribution in [3.63, 3.8) is 0 Å². The van der Waals surface area contributed by atoms with Crippen molar-refractivity contribution in [1.29, 1.82) is 0 Å². The maximum Gasteiger partial charge on any atom is 0.0693 e. The molecular formula is C12H23NO. The second kappa shape index (κ2) is 6.20. The maximum absolute atomic E-state index is 9.83. The molecule has 0 aromatic rings. The number of rotatable bonds is 4. The van der Waals surface area contributed by atoms with E-state index in [1.807, 2.05) is 6.92 Å². The lowest BCUT2D eigenvalue weighted by Gasteiger charge is -2.21. The van der Waals surface area contributed by atoms with E-state index in [2.05, 4.69) is 11.9 Å². The van der Waals surface area contributed by atoms with E-state index in [9.17, 15) is 5.11 Å². The molecule has 1 saturated carbocycles. The van der Waals surface area contributed by atoms with Gasteiger partial charge in [-0.15, -0.1) is 6.58 Å². The Morgan fingerprint density at radius 2 is 2.07 bits per heavy atom. The van der Waals surface area contributed by atoms with E-state index in [1.54, 1.807) is 0 Å². The Bertz CT molecular complexity index is 179. The SMILES string of the molecule is C=C(C)CCNC1CCCCCC1O. The average Bonchev–Trinajstić information content (AvgIpc) is 2.31. The van der Waals surface area contributed by atoms with E-state index in [0.29, 0.717) is 6.04 Å². The highest BCUT2D eigenvalue weighted by molar-refractivity contribution is 4.89. The van der Waals surface area contributed by atoms with Crippen molar-refractivity contribution in [3.05, 3.63) is 12.2 Å². The van der Waals surface area contributed by atoms with Gasteiger partial charge >= 0.3 is 0 Å². The van der Waals surface area contributed by atoms with Crippen LogP contribution in [-0.2, 0) is 0 Å². The highest BCUT2D eigenvalue weighted by Crippen LogP contribution is 2.17. The summed E-state index contributed by atoms with van der Waals surface area (Å²) in [6.07, 6.45) is 6.67. The molecule has 0 saturated heterocycles. The van der Waals surface area contributed by atoms with Gasteiger partial charge in [-0.1, -0.05) is 24.8 Å². The van der Waals surface area contributed by atoms with Crippen LogP contribution in [0.15, 0.2) is 12.2 Å². The van der Waals surface area contributed by atoms with Crippen LogP contribution >= 0.6 is 0 Å². The number of aliphatic hydroxyl groups is 1. The molecule has 2 nitrogen and oxygen atoms in total. The van der Waals surface area contributed by atoms with Gasteiger partial charge < -0.3 is 10.4 Å². The Morgan fingerprint density at radius 1 is 1.36 bits per heavy atom. The molecule has 0 spiro atoms. The molecule has 2 N–H and O–H groups in total. The third-order valence-electron chi connectivity index (χ3n) is 2.94. The average molecular weight is 197 g/mol. The van der Waals surface area contributed by atoms with Crippen LogP contribution in [0, 0.1) is 0 Å². The second-order valence-electron chi connectivity index (χ2n) is 4.47. The van der Waals surface area contributed by atoms with Gasteiger partial charge in [0, 0.05) is 6.04 Å². The first-order valence-electron chi connectivity index (χ1n) is 5.76. The summed E-state index contributed by atoms with van der Waals surface area (Å²) in [7, 11) is 0. The third-order valence-corrected chi connectivity index (χ3v) is 2.94. The fourth-order valence-corrected chi connectivity index (χ4v) is 2.00. The zero-order chi connectivity index (χ0) is 10.4. The fourth-order valence-electron chi connectivity index (χ4n) is 2.00. The summed E-state index contributed by atoms with van der Waals surface area (Å²) in [4.78, 5) is 0. The summed E-state index contributed by atoms with van der Waals surface area (Å²) in [6.45, 7) is 6.88. The Hall–Kier alpha value is -0.340. The molecular weight excluding hydrogens is 174 g/mol. The second-order valence-corrected chi connectivity index (χ2v) is 4.47. The van der Waals surface area contributed by atoms with Gasteiger partial charge in [0.25, 0.3) is 0 Å². The van der Waals surface area contributed by atoms with Crippen molar-refractivity contribution >= 4 is 0 Å². The Morgan fingerprint density at radius 3 is 2.79 bits per heavy atom. The minimum absolute atomic E-state index is 0.136. The van der Waals surface area contributed by atoms with Gasteiger partial charge in [-0.3, -0.25) is 0 Å². The molecule has 2 unspecified atom stereocenters. The van der Waals surface area contributed by atoms with Crippen LogP contribution in [0.1, 0.15) is 45.4 Å². The van der Waals surface area contributed by atoms with Crippen LogP contribution in [-0.4, -0.2) is 23.8 Å². The largest absolute Gasteiger partial charge is 0.392 e. The van der Waals surface area contributed by atoms with E-state index in [4.69, 9.17) is 0 Å². The summed E-state index contributed by atoms with van der Waals surface area (Å²) < 4.78 is 0. The van der Waals surface area contributed by atoms with Gasteiger partial charge in [0.05, 0.1) is 6.10 Å². The van der Waals surface area contributed by atoms with Crippen LogP contribution in [0.2, 0.25) is 0 Å². The first-order valence-corrected chi connectivity index (χ1v) is 5.76. The monoisotopic (exact) mass is 197 g/mol. The summed E-state index contributed by atoms with van der Waals surface area (Å²) in [6, 6.07) is 0.317. The van der Waals surface area contributed by atoms with Crippen LogP contribution in [0.3, 0.4) is 0 Å². The Balaban J connectivity index is 2.22. The van der Waals surface area contributed by atoms with Crippen LogP contribution in [0.5, 0.6) is 0 Å². The van der Waals surface area contributed by atoms with Crippen LogP contribution in [0.25, 0.3) is 0 Å². The zero-order valence-electron chi connectivity index (χ0n) is 9.26. The number of aliphatic hydroxyl groups excluding tert-OH is 1. The molecule has 1 aliphatic carbocycles. The molecule has 0 aromatic heterocycles. The maximum atomic E-state index is 9.83. The van der Waals surface area contributed by atoms with Crippen molar-refractivity contribution in [2.24, 2.45) is 0 Å². The fraction of sp³-hybridized carbons (Fsp3) is 0.833. The van der Waals surface area contributed by atoms with Crippen molar-refractivity contribution in [2.45, 2.75) is 57.6 Å². The Labute approximate surface area is 87.4 Å². The molecule has 0 radical (unpaired) electrons. The summed E-state index contributed by atoms with van der Waals surface area (Å²) in [5.41, 5.74) is 1.21. The normalized spacial score (nSPS) is 28.4. The molecule has 82 valence electrons. The van der Waals surface area contributed by atoms with Gasteiger partial charge in [0.2, 0.25) is 0 Å². The summed E-state index contributed by atoms with van der Waals surface area (Å²) in [5, 5.41) is 13.3. The van der Waals surface area contributed by atoms with Gasteiger partial charge in [-0.05, 0) is 32.7 Å². The molecule has 2 heteroatoms. The summed E-state index contributed by atoms with van der Waals surface area (Å²) in [5.74, 6) is 0. The lowest BCUT2D eigenvalue weighted by molar-refractivity contribution is 0.120. The quantitative estimate of drug-likeness (QED) is 0.535. The first-order chi connectivity index (χ1) is 6.70. The minimum Gasteiger partial charge on any atom is -0.392 e. The highest BCUT2D eigenvalue weighted by atomic mass is 16.3. The zero-order valence-corrected chi connectivity index (χ0v) is 9.26. The Kier molecular flexibility index (Phi) is 5.20. The molecule has 1 rings (SSSR count). The molecule has 0 amide bonds. The highest BCUT2D eigenvalue weighted by Gasteiger charge is 2.20. The molecule has 0 aliphatic heterocycles. The molecule has 0 bridgehead atoms. The van der Waals surface area contributed by atoms with Crippen molar-refractivity contribution in [2.75, 3.05) is 6.54 Å². The molecule has 2 atom stereocenters. The van der Waals surface area contributed by atoms with Gasteiger partial charge in [0.1, 0.15) is 0 Å². The predicted octanol–water partition coefficient (Wildman–Crippen LogP) is 2.24. The smallest absolute Gasteiger partial charge is 0.0693 e. The lowest BCUT2D eigenvalue weighted by atomic mass is 10.1. The van der Waals surface area contributed by atoms with Crippen LogP contribution in [0.4, 0.5) is 0 Å². The van der Waals surface area contributed by atoms with E-state index in [1.165, 1.54) is 24.8 Å². The van der Waals surface area contributed by atoms with Crippen molar-refractivity contribution < 1.29 is 5.11 Å². The molecule has 1 aliphatic rings. The molecule has 1 fully saturated rings.